The molecule has 0 aliphatic rings. The molecule has 0 spiro atoms. The molecule has 0 aromatic carbocycles. The molecule has 0 rings (SSSR count). The molecule has 0 aromatic rings. The Bertz CT molecular complexity index is 253. The summed E-state index contributed by atoms with van der Waals surface area (Å²) in [7, 11) is 2.31. The van der Waals surface area contributed by atoms with E-state index in [2.05, 4.69) is 39.6 Å². The monoisotopic (exact) mass is 353 g/mol. The summed E-state index contributed by atoms with van der Waals surface area (Å²) in [6.45, 7) is 12.0. The van der Waals surface area contributed by atoms with Crippen LogP contribution in [-0.2, 0) is 0 Å². The van der Waals surface area contributed by atoms with Crippen LogP contribution in [0.1, 0.15) is 130 Å². The van der Waals surface area contributed by atoms with E-state index in [1.165, 1.54) is 116 Å². The Morgan fingerprint density at radius 3 is 1.28 bits per heavy atom. The molecule has 25 heavy (non-hydrogen) atoms. The third kappa shape index (κ3) is 21.9. The van der Waals surface area contributed by atoms with Crippen LogP contribution in [0.5, 0.6) is 0 Å². The Morgan fingerprint density at radius 1 is 0.520 bits per heavy atom. The van der Waals surface area contributed by atoms with Gasteiger partial charge in [0.1, 0.15) is 0 Å². The molecule has 1 heteroatoms. The van der Waals surface area contributed by atoms with Gasteiger partial charge in [-0.25, -0.2) is 0 Å². The fourth-order valence-corrected chi connectivity index (χ4v) is 3.55. The average Bonchev–Trinajstić information content (AvgIpc) is 2.54. The smallest absolute Gasteiger partial charge is 0.00218 e. The standard InChI is InChI=1S/C24H51N/c1-6-7-8-9-10-13-16-19-22-25(5)23-20-17-14-11-12-15-18-21-24(2,3)4/h6-23H2,1-5H3. The summed E-state index contributed by atoms with van der Waals surface area (Å²) in [6, 6.07) is 0. The molecular weight excluding hydrogens is 302 g/mol. The number of nitrogens with zero attached hydrogens (tertiary/aromatic N) is 1. The van der Waals surface area contributed by atoms with Gasteiger partial charge >= 0.3 is 0 Å². The van der Waals surface area contributed by atoms with E-state index in [0.29, 0.717) is 5.41 Å². The summed E-state index contributed by atoms with van der Waals surface area (Å²) in [6.07, 6.45) is 22.9. The van der Waals surface area contributed by atoms with E-state index in [-0.39, 0.29) is 0 Å². The molecule has 0 amide bonds. The van der Waals surface area contributed by atoms with Crippen molar-refractivity contribution in [3.8, 4) is 0 Å². The van der Waals surface area contributed by atoms with Crippen LogP contribution in [0.15, 0.2) is 0 Å². The van der Waals surface area contributed by atoms with Gasteiger partial charge in [-0.3, -0.25) is 0 Å². The van der Waals surface area contributed by atoms with Gasteiger partial charge in [-0.2, -0.15) is 0 Å². The van der Waals surface area contributed by atoms with E-state index in [0.717, 1.165) is 0 Å². The van der Waals surface area contributed by atoms with E-state index in [9.17, 15) is 0 Å². The number of rotatable bonds is 18. The quantitative estimate of drug-likeness (QED) is 0.224. The van der Waals surface area contributed by atoms with Gasteiger partial charge in [0, 0.05) is 0 Å². The Hall–Kier alpha value is -0.0400. The highest BCUT2D eigenvalue weighted by Crippen LogP contribution is 2.22. The van der Waals surface area contributed by atoms with Gasteiger partial charge in [-0.05, 0) is 44.8 Å². The molecule has 0 aliphatic heterocycles. The highest BCUT2D eigenvalue weighted by molar-refractivity contribution is 4.61. The molecule has 0 saturated heterocycles. The lowest BCUT2D eigenvalue weighted by molar-refractivity contribution is 0.313. The highest BCUT2D eigenvalue weighted by Gasteiger charge is 2.08. The molecule has 1 nitrogen and oxygen atoms in total. The summed E-state index contributed by atoms with van der Waals surface area (Å²) < 4.78 is 0. The Balaban J connectivity index is 3.19. The zero-order valence-corrected chi connectivity index (χ0v) is 18.7. The lowest BCUT2D eigenvalue weighted by atomic mass is 9.89. The second-order valence-corrected chi connectivity index (χ2v) is 9.56. The molecule has 0 aromatic heterocycles. The molecule has 0 saturated carbocycles. The third-order valence-corrected chi connectivity index (χ3v) is 5.36. The molecule has 0 N–H and O–H groups in total. The fraction of sp³-hybridized carbons (Fsp3) is 1.00. The van der Waals surface area contributed by atoms with Gasteiger partial charge < -0.3 is 4.90 Å². The van der Waals surface area contributed by atoms with Crippen LogP contribution in [-0.4, -0.2) is 25.0 Å². The molecule has 152 valence electrons. The van der Waals surface area contributed by atoms with E-state index >= 15 is 0 Å². The molecular formula is C24H51N. The SMILES string of the molecule is CCCCCCCCCCN(C)CCCCCCCCCC(C)(C)C. The summed E-state index contributed by atoms with van der Waals surface area (Å²) >= 11 is 0. The van der Waals surface area contributed by atoms with Crippen molar-refractivity contribution in [3.05, 3.63) is 0 Å². The van der Waals surface area contributed by atoms with Crippen molar-refractivity contribution in [2.24, 2.45) is 5.41 Å². The van der Waals surface area contributed by atoms with E-state index in [4.69, 9.17) is 0 Å². The lowest BCUT2D eigenvalue weighted by Crippen LogP contribution is -2.20. The van der Waals surface area contributed by atoms with E-state index in [1.807, 2.05) is 0 Å². The number of hydrogen-bond acceptors (Lipinski definition) is 1. The van der Waals surface area contributed by atoms with Crippen LogP contribution >= 0.6 is 0 Å². The summed E-state index contributed by atoms with van der Waals surface area (Å²) in [5, 5.41) is 0. The molecule has 0 heterocycles. The van der Waals surface area contributed by atoms with Crippen molar-refractivity contribution in [3.63, 3.8) is 0 Å². The van der Waals surface area contributed by atoms with Crippen molar-refractivity contribution < 1.29 is 0 Å². The maximum Gasteiger partial charge on any atom is -0.00218 e. The van der Waals surface area contributed by atoms with Crippen molar-refractivity contribution in [1.82, 2.24) is 4.90 Å². The Morgan fingerprint density at radius 2 is 0.880 bits per heavy atom. The lowest BCUT2D eigenvalue weighted by Gasteiger charge is -2.17. The zero-order chi connectivity index (χ0) is 18.8. The fourth-order valence-electron chi connectivity index (χ4n) is 3.55. The molecule has 0 bridgehead atoms. The summed E-state index contributed by atoms with van der Waals surface area (Å²) in [5.41, 5.74) is 0.527. The first kappa shape index (κ1) is 25.0. The second-order valence-electron chi connectivity index (χ2n) is 9.56. The predicted octanol–water partition coefficient (Wildman–Crippen LogP) is 8.23. The van der Waals surface area contributed by atoms with Crippen molar-refractivity contribution >= 4 is 0 Å². The Labute approximate surface area is 161 Å². The topological polar surface area (TPSA) is 3.24 Å². The minimum atomic E-state index is 0.527. The van der Waals surface area contributed by atoms with Gasteiger partial charge in [0.15, 0.2) is 0 Å². The van der Waals surface area contributed by atoms with E-state index in [1.54, 1.807) is 0 Å². The van der Waals surface area contributed by atoms with Crippen molar-refractivity contribution in [2.75, 3.05) is 20.1 Å². The molecule has 0 aliphatic carbocycles. The minimum absolute atomic E-state index is 0.527. The summed E-state index contributed by atoms with van der Waals surface area (Å²) in [4.78, 5) is 2.56. The van der Waals surface area contributed by atoms with Crippen LogP contribution in [0.4, 0.5) is 0 Å². The van der Waals surface area contributed by atoms with Crippen LogP contribution < -0.4 is 0 Å². The molecule has 0 fully saturated rings. The first-order valence-corrected chi connectivity index (χ1v) is 11.6. The van der Waals surface area contributed by atoms with Crippen LogP contribution in [0.2, 0.25) is 0 Å². The molecule has 0 atom stereocenters. The average molecular weight is 354 g/mol. The third-order valence-electron chi connectivity index (χ3n) is 5.36. The normalized spacial score (nSPS) is 12.2. The first-order chi connectivity index (χ1) is 12.0. The number of hydrogen-bond donors (Lipinski definition) is 0. The maximum atomic E-state index is 2.56. The maximum absolute atomic E-state index is 2.56. The van der Waals surface area contributed by atoms with Crippen molar-refractivity contribution in [1.29, 1.82) is 0 Å². The van der Waals surface area contributed by atoms with Crippen LogP contribution in [0, 0.1) is 5.41 Å². The van der Waals surface area contributed by atoms with Gasteiger partial charge in [-0.15, -0.1) is 0 Å². The first-order valence-electron chi connectivity index (χ1n) is 11.6. The minimum Gasteiger partial charge on any atom is -0.306 e. The van der Waals surface area contributed by atoms with Gasteiger partial charge in [0.05, 0.1) is 0 Å². The van der Waals surface area contributed by atoms with Gasteiger partial charge in [0.2, 0.25) is 0 Å². The van der Waals surface area contributed by atoms with Crippen molar-refractivity contribution in [2.45, 2.75) is 130 Å². The van der Waals surface area contributed by atoms with Gasteiger partial charge in [0.25, 0.3) is 0 Å². The van der Waals surface area contributed by atoms with E-state index < -0.39 is 0 Å². The van der Waals surface area contributed by atoms with Crippen LogP contribution in [0.25, 0.3) is 0 Å². The van der Waals surface area contributed by atoms with Crippen LogP contribution in [0.3, 0.4) is 0 Å². The largest absolute Gasteiger partial charge is 0.306 e. The number of unbranched alkanes of at least 4 members (excludes halogenated alkanes) is 13. The molecule has 0 unspecified atom stereocenters. The second kappa shape index (κ2) is 17.4. The predicted molar refractivity (Wildman–Crippen MR) is 116 cm³/mol. The summed E-state index contributed by atoms with van der Waals surface area (Å²) in [5.74, 6) is 0. The Kier molecular flexibility index (Phi) is 17.3. The molecule has 0 radical (unpaired) electrons. The van der Waals surface area contributed by atoms with Gasteiger partial charge in [-0.1, -0.05) is 111 Å². The highest BCUT2D eigenvalue weighted by atomic mass is 15.1. The zero-order valence-electron chi connectivity index (χ0n) is 18.7.